The molecule has 0 aliphatic heterocycles. The third kappa shape index (κ3) is 5.03. The maximum Gasteiger partial charge on any atom is 0.223 e. The zero-order chi connectivity index (χ0) is 12.0. The first-order valence-electron chi connectivity index (χ1n) is 5.25. The van der Waals surface area contributed by atoms with E-state index in [4.69, 9.17) is 16.3 Å². The molecule has 1 aromatic carbocycles. The Morgan fingerprint density at radius 2 is 2.00 bits per heavy atom. The molecule has 0 aliphatic carbocycles. The van der Waals surface area contributed by atoms with E-state index in [2.05, 4.69) is 5.32 Å². The van der Waals surface area contributed by atoms with Crippen LogP contribution in [0, 0.1) is 0 Å². The van der Waals surface area contributed by atoms with Gasteiger partial charge in [0.2, 0.25) is 5.91 Å². The lowest BCUT2D eigenvalue weighted by Gasteiger charge is -2.09. The van der Waals surface area contributed by atoms with E-state index in [1.807, 2.05) is 13.8 Å². The second-order valence-corrected chi connectivity index (χ2v) is 4.21. The van der Waals surface area contributed by atoms with Crippen molar-refractivity contribution in [2.24, 2.45) is 0 Å². The summed E-state index contributed by atoms with van der Waals surface area (Å²) in [5, 5.41) is 3.47. The fourth-order valence-electron chi connectivity index (χ4n) is 1.19. The van der Waals surface area contributed by atoms with E-state index in [0.717, 1.165) is 5.75 Å². The molecular formula is C12H16ClNO2. The summed E-state index contributed by atoms with van der Waals surface area (Å²) < 4.78 is 5.39. The number of amides is 1. The number of hydrogen-bond donors (Lipinski definition) is 1. The van der Waals surface area contributed by atoms with Crippen LogP contribution in [0.3, 0.4) is 0 Å². The minimum absolute atomic E-state index is 0.00367. The number of carbonyl (C=O) groups is 1. The molecule has 0 saturated heterocycles. The van der Waals surface area contributed by atoms with Crippen molar-refractivity contribution in [2.75, 3.05) is 6.61 Å². The van der Waals surface area contributed by atoms with Crippen LogP contribution in [0.1, 0.15) is 20.3 Å². The van der Waals surface area contributed by atoms with Crippen molar-refractivity contribution in [3.63, 3.8) is 0 Å². The molecule has 0 aliphatic rings. The number of rotatable bonds is 5. The van der Waals surface area contributed by atoms with Crippen molar-refractivity contribution in [2.45, 2.75) is 26.3 Å². The van der Waals surface area contributed by atoms with Gasteiger partial charge in [0, 0.05) is 11.1 Å². The van der Waals surface area contributed by atoms with Crippen LogP contribution in [0.25, 0.3) is 0 Å². The van der Waals surface area contributed by atoms with Gasteiger partial charge in [0.25, 0.3) is 0 Å². The van der Waals surface area contributed by atoms with Gasteiger partial charge in [-0.2, -0.15) is 0 Å². The second kappa shape index (κ2) is 6.38. The van der Waals surface area contributed by atoms with E-state index in [1.165, 1.54) is 0 Å². The van der Waals surface area contributed by atoms with Crippen molar-refractivity contribution in [1.29, 1.82) is 0 Å². The predicted octanol–water partition coefficient (Wildman–Crippen LogP) is 2.63. The Labute approximate surface area is 101 Å². The van der Waals surface area contributed by atoms with Gasteiger partial charge in [-0.15, -0.1) is 0 Å². The van der Waals surface area contributed by atoms with E-state index in [-0.39, 0.29) is 11.9 Å². The SMILES string of the molecule is CC(C)NC(=O)CCOc1ccc(Cl)cc1. The van der Waals surface area contributed by atoms with Crippen LogP contribution in [0.4, 0.5) is 0 Å². The third-order valence-corrected chi connectivity index (χ3v) is 2.11. The van der Waals surface area contributed by atoms with Crippen LogP contribution in [-0.2, 0) is 4.79 Å². The van der Waals surface area contributed by atoms with Crippen LogP contribution in [-0.4, -0.2) is 18.6 Å². The summed E-state index contributed by atoms with van der Waals surface area (Å²) in [7, 11) is 0. The van der Waals surface area contributed by atoms with E-state index in [9.17, 15) is 4.79 Å². The van der Waals surface area contributed by atoms with Gasteiger partial charge < -0.3 is 10.1 Å². The monoisotopic (exact) mass is 241 g/mol. The van der Waals surface area contributed by atoms with Gasteiger partial charge in [-0.3, -0.25) is 4.79 Å². The van der Waals surface area contributed by atoms with E-state index in [1.54, 1.807) is 24.3 Å². The maximum atomic E-state index is 11.3. The summed E-state index contributed by atoms with van der Waals surface area (Å²) >= 11 is 5.73. The molecule has 1 rings (SSSR count). The lowest BCUT2D eigenvalue weighted by molar-refractivity contribution is -0.122. The van der Waals surface area contributed by atoms with Gasteiger partial charge in [0.05, 0.1) is 13.0 Å². The minimum atomic E-state index is 0.00367. The van der Waals surface area contributed by atoms with Crippen LogP contribution < -0.4 is 10.1 Å². The summed E-state index contributed by atoms with van der Waals surface area (Å²) in [4.78, 5) is 11.3. The zero-order valence-corrected chi connectivity index (χ0v) is 10.3. The molecule has 0 unspecified atom stereocenters. The molecule has 3 nitrogen and oxygen atoms in total. The van der Waals surface area contributed by atoms with E-state index in [0.29, 0.717) is 18.1 Å². The fraction of sp³-hybridized carbons (Fsp3) is 0.417. The molecule has 1 aromatic rings. The lowest BCUT2D eigenvalue weighted by atomic mass is 10.3. The standard InChI is InChI=1S/C12H16ClNO2/c1-9(2)14-12(15)7-8-16-11-5-3-10(13)4-6-11/h3-6,9H,7-8H2,1-2H3,(H,14,15). The van der Waals surface area contributed by atoms with Crippen molar-refractivity contribution in [3.8, 4) is 5.75 Å². The fourth-order valence-corrected chi connectivity index (χ4v) is 1.31. The summed E-state index contributed by atoms with van der Waals surface area (Å²) in [6.07, 6.45) is 0.362. The number of nitrogens with one attached hydrogen (secondary N) is 1. The zero-order valence-electron chi connectivity index (χ0n) is 9.50. The smallest absolute Gasteiger partial charge is 0.223 e. The second-order valence-electron chi connectivity index (χ2n) is 3.77. The summed E-state index contributed by atoms with van der Waals surface area (Å²) in [6.45, 7) is 4.23. The molecule has 16 heavy (non-hydrogen) atoms. The van der Waals surface area contributed by atoms with Gasteiger partial charge in [0.15, 0.2) is 0 Å². The van der Waals surface area contributed by atoms with Crippen molar-refractivity contribution < 1.29 is 9.53 Å². The van der Waals surface area contributed by atoms with Gasteiger partial charge in [-0.05, 0) is 38.1 Å². The molecule has 0 saturated carbocycles. The Balaban J connectivity index is 2.25. The first-order chi connectivity index (χ1) is 7.58. The molecule has 1 amide bonds. The number of ether oxygens (including phenoxy) is 1. The molecule has 0 spiro atoms. The van der Waals surface area contributed by atoms with E-state index < -0.39 is 0 Å². The Bertz CT molecular complexity index is 335. The van der Waals surface area contributed by atoms with Crippen molar-refractivity contribution >= 4 is 17.5 Å². The number of carbonyl (C=O) groups excluding carboxylic acids is 1. The third-order valence-electron chi connectivity index (χ3n) is 1.86. The van der Waals surface area contributed by atoms with Gasteiger partial charge in [-0.25, -0.2) is 0 Å². The number of halogens is 1. The number of benzene rings is 1. The average molecular weight is 242 g/mol. The van der Waals surface area contributed by atoms with Gasteiger partial charge in [-0.1, -0.05) is 11.6 Å². The first kappa shape index (κ1) is 12.8. The van der Waals surface area contributed by atoms with Crippen LogP contribution in [0.5, 0.6) is 5.75 Å². The molecule has 4 heteroatoms. The highest BCUT2D eigenvalue weighted by Crippen LogP contribution is 2.15. The Hall–Kier alpha value is -1.22. The predicted molar refractivity (Wildman–Crippen MR) is 64.8 cm³/mol. The van der Waals surface area contributed by atoms with Crippen LogP contribution in [0.15, 0.2) is 24.3 Å². The van der Waals surface area contributed by atoms with Crippen LogP contribution in [0.2, 0.25) is 5.02 Å². The Morgan fingerprint density at radius 1 is 1.38 bits per heavy atom. The van der Waals surface area contributed by atoms with Crippen molar-refractivity contribution in [3.05, 3.63) is 29.3 Å². The first-order valence-corrected chi connectivity index (χ1v) is 5.63. The van der Waals surface area contributed by atoms with Gasteiger partial charge >= 0.3 is 0 Å². The largest absolute Gasteiger partial charge is 0.493 e. The topological polar surface area (TPSA) is 38.3 Å². The molecule has 0 fully saturated rings. The lowest BCUT2D eigenvalue weighted by Crippen LogP contribution is -2.31. The number of hydrogen-bond acceptors (Lipinski definition) is 2. The molecule has 88 valence electrons. The summed E-state index contributed by atoms with van der Waals surface area (Å²) in [5.41, 5.74) is 0. The molecule has 0 radical (unpaired) electrons. The Kier molecular flexibility index (Phi) is 5.12. The highest BCUT2D eigenvalue weighted by molar-refractivity contribution is 6.30. The summed E-state index contributed by atoms with van der Waals surface area (Å²) in [6, 6.07) is 7.24. The molecule has 0 bridgehead atoms. The molecular weight excluding hydrogens is 226 g/mol. The van der Waals surface area contributed by atoms with Crippen molar-refractivity contribution in [1.82, 2.24) is 5.32 Å². The van der Waals surface area contributed by atoms with E-state index >= 15 is 0 Å². The molecule has 0 atom stereocenters. The molecule has 0 heterocycles. The molecule has 0 aromatic heterocycles. The normalized spacial score (nSPS) is 10.2. The summed E-state index contributed by atoms with van der Waals surface area (Å²) in [5.74, 6) is 0.728. The Morgan fingerprint density at radius 3 is 2.56 bits per heavy atom. The average Bonchev–Trinajstić information content (AvgIpc) is 2.20. The van der Waals surface area contributed by atoms with Crippen LogP contribution >= 0.6 is 11.6 Å². The molecule has 1 N–H and O–H groups in total. The highest BCUT2D eigenvalue weighted by atomic mass is 35.5. The highest BCUT2D eigenvalue weighted by Gasteiger charge is 2.03. The minimum Gasteiger partial charge on any atom is -0.493 e. The van der Waals surface area contributed by atoms with Gasteiger partial charge in [0.1, 0.15) is 5.75 Å². The maximum absolute atomic E-state index is 11.3. The quantitative estimate of drug-likeness (QED) is 0.861.